The fourth-order valence-corrected chi connectivity index (χ4v) is 2.55. The highest BCUT2D eigenvalue weighted by Crippen LogP contribution is 2.38. The van der Waals surface area contributed by atoms with Crippen LogP contribution in [0.15, 0.2) is 42.5 Å². The van der Waals surface area contributed by atoms with Crippen LogP contribution in [-0.2, 0) is 11.0 Å². The van der Waals surface area contributed by atoms with Gasteiger partial charge in [-0.05, 0) is 35.9 Å². The van der Waals surface area contributed by atoms with Crippen LogP contribution in [-0.4, -0.2) is 20.0 Å². The van der Waals surface area contributed by atoms with Gasteiger partial charge < -0.3 is 10.2 Å². The van der Waals surface area contributed by atoms with Crippen LogP contribution < -0.4 is 10.2 Å². The molecule has 3 nitrogen and oxygen atoms in total. The monoisotopic (exact) mass is 332 g/mol. The summed E-state index contributed by atoms with van der Waals surface area (Å²) in [4.78, 5) is 14.1. The molecular formula is C18H15F3N2O. The van der Waals surface area contributed by atoms with Crippen LogP contribution >= 0.6 is 0 Å². The number of benzene rings is 2. The van der Waals surface area contributed by atoms with Crippen LogP contribution in [0.1, 0.15) is 16.7 Å². The summed E-state index contributed by atoms with van der Waals surface area (Å²) in [5.41, 5.74) is 2.06. The fourth-order valence-electron chi connectivity index (χ4n) is 2.55. The van der Waals surface area contributed by atoms with E-state index in [1.165, 1.54) is 6.07 Å². The van der Waals surface area contributed by atoms with Crippen molar-refractivity contribution in [3.8, 4) is 0 Å². The van der Waals surface area contributed by atoms with E-state index >= 15 is 0 Å². The van der Waals surface area contributed by atoms with Crippen molar-refractivity contribution in [2.45, 2.75) is 6.18 Å². The molecule has 0 atom stereocenters. The third-order valence-corrected chi connectivity index (χ3v) is 3.85. The lowest BCUT2D eigenvalue weighted by Gasteiger charge is -2.12. The van der Waals surface area contributed by atoms with Crippen molar-refractivity contribution in [1.29, 1.82) is 0 Å². The van der Waals surface area contributed by atoms with E-state index in [4.69, 9.17) is 0 Å². The number of hydrogen-bond acceptors (Lipinski definition) is 2. The Bertz CT molecular complexity index is 821. The molecule has 1 N–H and O–H groups in total. The Labute approximate surface area is 137 Å². The summed E-state index contributed by atoms with van der Waals surface area (Å²) < 4.78 is 38.3. The topological polar surface area (TPSA) is 32.3 Å². The second kappa shape index (κ2) is 5.70. The van der Waals surface area contributed by atoms with E-state index in [0.29, 0.717) is 11.1 Å². The van der Waals surface area contributed by atoms with E-state index in [-0.39, 0.29) is 5.69 Å². The summed E-state index contributed by atoms with van der Waals surface area (Å²) in [6.07, 6.45) is -2.76. The van der Waals surface area contributed by atoms with Gasteiger partial charge in [-0.25, -0.2) is 0 Å². The van der Waals surface area contributed by atoms with E-state index in [0.717, 1.165) is 23.4 Å². The van der Waals surface area contributed by atoms with Gasteiger partial charge in [0.1, 0.15) is 0 Å². The zero-order chi connectivity index (χ0) is 17.5. The first-order chi connectivity index (χ1) is 11.3. The average Bonchev–Trinajstić information content (AvgIpc) is 2.82. The van der Waals surface area contributed by atoms with Crippen molar-refractivity contribution in [2.75, 3.05) is 24.3 Å². The van der Waals surface area contributed by atoms with Crippen LogP contribution in [0.25, 0.3) is 11.6 Å². The lowest BCUT2D eigenvalue weighted by Crippen LogP contribution is -2.08. The predicted octanol–water partition coefficient (Wildman–Crippen LogP) is 4.26. The lowest BCUT2D eigenvalue weighted by molar-refractivity contribution is -0.137. The Kier molecular flexibility index (Phi) is 3.83. The van der Waals surface area contributed by atoms with Crippen molar-refractivity contribution in [3.05, 3.63) is 59.2 Å². The lowest BCUT2D eigenvalue weighted by atomic mass is 10.0. The molecule has 0 fully saturated rings. The highest BCUT2D eigenvalue weighted by atomic mass is 19.4. The quantitative estimate of drug-likeness (QED) is 0.833. The van der Waals surface area contributed by atoms with Gasteiger partial charge in [-0.2, -0.15) is 13.2 Å². The van der Waals surface area contributed by atoms with E-state index < -0.39 is 17.6 Å². The van der Waals surface area contributed by atoms with Crippen molar-refractivity contribution in [1.82, 2.24) is 0 Å². The number of anilines is 2. The van der Waals surface area contributed by atoms with Gasteiger partial charge in [-0.1, -0.05) is 18.2 Å². The molecular weight excluding hydrogens is 317 g/mol. The summed E-state index contributed by atoms with van der Waals surface area (Å²) >= 11 is 0. The second-order valence-electron chi connectivity index (χ2n) is 5.76. The first kappa shape index (κ1) is 16.1. The molecule has 1 aliphatic rings. The number of fused-ring (bicyclic) bond motifs is 1. The normalized spacial score (nSPS) is 15.4. The van der Waals surface area contributed by atoms with Crippen molar-refractivity contribution in [2.24, 2.45) is 0 Å². The number of hydrogen-bond donors (Lipinski definition) is 1. The smallest absolute Gasteiger partial charge is 0.378 e. The first-order valence-corrected chi connectivity index (χ1v) is 7.28. The van der Waals surface area contributed by atoms with Gasteiger partial charge in [0.25, 0.3) is 5.91 Å². The molecule has 0 bridgehead atoms. The van der Waals surface area contributed by atoms with Crippen LogP contribution in [0.3, 0.4) is 0 Å². The molecule has 2 aromatic carbocycles. The second-order valence-corrected chi connectivity index (χ2v) is 5.76. The molecule has 24 heavy (non-hydrogen) atoms. The molecule has 3 rings (SSSR count). The van der Waals surface area contributed by atoms with E-state index in [1.54, 1.807) is 6.08 Å². The van der Waals surface area contributed by atoms with Gasteiger partial charge in [-0.15, -0.1) is 0 Å². The van der Waals surface area contributed by atoms with Crippen LogP contribution in [0.4, 0.5) is 24.5 Å². The van der Waals surface area contributed by atoms with E-state index in [9.17, 15) is 18.0 Å². The number of carbonyl (C=O) groups excluding carboxylic acids is 1. The number of halogens is 3. The maximum absolute atomic E-state index is 12.8. The third kappa shape index (κ3) is 2.99. The number of amides is 1. The predicted molar refractivity (Wildman–Crippen MR) is 88.7 cm³/mol. The Balaban J connectivity index is 1.97. The summed E-state index contributed by atoms with van der Waals surface area (Å²) in [5, 5.41) is 2.49. The summed E-state index contributed by atoms with van der Waals surface area (Å²) in [7, 11) is 3.85. The highest BCUT2D eigenvalue weighted by molar-refractivity contribution is 6.34. The van der Waals surface area contributed by atoms with Crippen molar-refractivity contribution in [3.63, 3.8) is 0 Å². The molecule has 6 heteroatoms. The molecule has 1 aliphatic heterocycles. The molecule has 0 spiro atoms. The molecule has 0 unspecified atom stereocenters. The Morgan fingerprint density at radius 1 is 1.04 bits per heavy atom. The molecule has 0 radical (unpaired) electrons. The summed E-state index contributed by atoms with van der Waals surface area (Å²) in [5.74, 6) is -0.402. The Morgan fingerprint density at radius 3 is 2.29 bits per heavy atom. The Hall–Kier alpha value is -2.76. The fraction of sp³-hybridized carbons (Fsp3) is 0.167. The largest absolute Gasteiger partial charge is 0.416 e. The van der Waals surface area contributed by atoms with Gasteiger partial charge in [0, 0.05) is 36.6 Å². The molecule has 0 saturated heterocycles. The van der Waals surface area contributed by atoms with Crippen molar-refractivity contribution < 1.29 is 18.0 Å². The van der Waals surface area contributed by atoms with E-state index in [1.807, 2.05) is 43.3 Å². The minimum Gasteiger partial charge on any atom is -0.378 e. The van der Waals surface area contributed by atoms with Gasteiger partial charge in [0.2, 0.25) is 0 Å². The average molecular weight is 332 g/mol. The molecule has 1 heterocycles. The number of rotatable bonds is 2. The number of alkyl halides is 3. The van der Waals surface area contributed by atoms with Gasteiger partial charge in [-0.3, -0.25) is 4.79 Å². The minimum absolute atomic E-state index is 0.186. The van der Waals surface area contributed by atoms with Gasteiger partial charge in [0.05, 0.1) is 5.56 Å². The number of carbonyl (C=O) groups is 1. The van der Waals surface area contributed by atoms with Crippen LogP contribution in [0.2, 0.25) is 0 Å². The van der Waals surface area contributed by atoms with Crippen molar-refractivity contribution >= 4 is 28.9 Å². The number of nitrogens with zero attached hydrogens (tertiary/aromatic N) is 1. The molecule has 1 amide bonds. The molecule has 0 aliphatic carbocycles. The Morgan fingerprint density at radius 2 is 1.71 bits per heavy atom. The zero-order valence-electron chi connectivity index (χ0n) is 13.1. The maximum atomic E-state index is 12.8. The van der Waals surface area contributed by atoms with Crippen LogP contribution in [0.5, 0.6) is 0 Å². The molecule has 0 aromatic heterocycles. The summed E-state index contributed by atoms with van der Waals surface area (Å²) in [6, 6.07) is 10.8. The van der Waals surface area contributed by atoms with Gasteiger partial charge >= 0.3 is 6.18 Å². The number of nitrogens with one attached hydrogen (secondary N) is 1. The SMILES string of the molecule is CN(C)c1ccc(C=C2C(=O)Nc3cc(C(F)(F)F)ccc32)cc1. The van der Waals surface area contributed by atoms with Gasteiger partial charge in [0.15, 0.2) is 0 Å². The third-order valence-electron chi connectivity index (χ3n) is 3.85. The molecule has 0 saturated carbocycles. The highest BCUT2D eigenvalue weighted by Gasteiger charge is 2.33. The van der Waals surface area contributed by atoms with E-state index in [2.05, 4.69) is 5.32 Å². The standard InChI is InChI=1S/C18H15F3N2O/c1-23(2)13-6-3-11(4-7-13)9-15-14-8-5-12(18(19,20)21)10-16(14)22-17(15)24/h3-10H,1-2H3,(H,22,24). The van der Waals surface area contributed by atoms with Crippen LogP contribution in [0, 0.1) is 0 Å². The minimum atomic E-state index is -4.44. The molecule has 124 valence electrons. The maximum Gasteiger partial charge on any atom is 0.416 e. The molecule has 2 aromatic rings. The summed E-state index contributed by atoms with van der Waals surface area (Å²) in [6.45, 7) is 0. The first-order valence-electron chi connectivity index (χ1n) is 7.28. The zero-order valence-corrected chi connectivity index (χ0v) is 13.1.